The number of amides is 1. The first-order chi connectivity index (χ1) is 15.2. The molecule has 0 fully saturated rings. The molecule has 3 rings (SSSR count). The normalized spacial score (nSPS) is 16.7. The summed E-state index contributed by atoms with van der Waals surface area (Å²) in [5.41, 5.74) is 2.86. The first-order valence-corrected chi connectivity index (χ1v) is 10.1. The van der Waals surface area contributed by atoms with Crippen molar-refractivity contribution < 1.29 is 33.0 Å². The summed E-state index contributed by atoms with van der Waals surface area (Å²) in [4.78, 5) is 38.8. The van der Waals surface area contributed by atoms with E-state index in [2.05, 4.69) is 5.32 Å². The molecule has 1 aliphatic rings. The van der Waals surface area contributed by atoms with Gasteiger partial charge in [0.1, 0.15) is 18.7 Å². The van der Waals surface area contributed by atoms with Crippen LogP contribution in [0.25, 0.3) is 0 Å². The molecule has 0 saturated carbocycles. The number of hydrogen-bond acceptors (Lipinski definition) is 5. The Morgan fingerprint density at radius 1 is 1.22 bits per heavy atom. The first kappa shape index (κ1) is 23.3. The van der Waals surface area contributed by atoms with E-state index in [4.69, 9.17) is 4.74 Å². The fraction of sp³-hybridized carbons (Fsp3) is 0.348. The van der Waals surface area contributed by atoms with Gasteiger partial charge in [0.2, 0.25) is 5.91 Å². The number of carbonyl (C=O) groups is 3. The number of halogens is 2. The third-order valence-electron chi connectivity index (χ3n) is 5.38. The molecule has 32 heavy (non-hydrogen) atoms. The smallest absolute Gasteiger partial charge is 0.305 e. The van der Waals surface area contributed by atoms with Gasteiger partial charge in [-0.1, -0.05) is 29.8 Å². The Balaban J connectivity index is 1.76. The minimum Gasteiger partial charge on any atom is -0.481 e. The molecular weight excluding hydrogens is 422 g/mol. The van der Waals surface area contributed by atoms with E-state index in [0.29, 0.717) is 6.54 Å². The van der Waals surface area contributed by atoms with Crippen LogP contribution in [0.2, 0.25) is 0 Å². The lowest BCUT2D eigenvalue weighted by molar-refractivity contribution is -0.141. The Morgan fingerprint density at radius 2 is 1.91 bits per heavy atom. The summed E-state index contributed by atoms with van der Waals surface area (Å²) in [6.45, 7) is 1.77. The molecule has 0 aromatic heterocycles. The molecule has 0 spiro atoms. The summed E-state index contributed by atoms with van der Waals surface area (Å²) in [5.74, 6) is -5.38. The van der Waals surface area contributed by atoms with Gasteiger partial charge < -0.3 is 15.2 Å². The molecule has 1 aliphatic heterocycles. The fourth-order valence-electron chi connectivity index (χ4n) is 3.76. The number of nitrogens with zero attached hydrogens (tertiary/aromatic N) is 1. The number of carbonyl (C=O) groups excluding carboxylic acids is 2. The Labute approximate surface area is 184 Å². The predicted molar refractivity (Wildman–Crippen MR) is 111 cm³/mol. The van der Waals surface area contributed by atoms with Gasteiger partial charge in [-0.2, -0.15) is 0 Å². The first-order valence-electron chi connectivity index (χ1n) is 10.1. The lowest BCUT2D eigenvalue weighted by atomic mass is 9.91. The second-order valence-electron chi connectivity index (χ2n) is 7.80. The van der Waals surface area contributed by atoms with E-state index in [0.717, 1.165) is 41.3 Å². The van der Waals surface area contributed by atoms with Crippen LogP contribution in [-0.2, 0) is 20.8 Å². The van der Waals surface area contributed by atoms with Gasteiger partial charge in [-0.3, -0.25) is 19.3 Å². The van der Waals surface area contributed by atoms with Gasteiger partial charge in [-0.25, -0.2) is 8.78 Å². The van der Waals surface area contributed by atoms with Crippen LogP contribution in [-0.4, -0.2) is 53.9 Å². The van der Waals surface area contributed by atoms with Crippen molar-refractivity contribution in [2.45, 2.75) is 31.8 Å². The third-order valence-corrected chi connectivity index (χ3v) is 5.38. The number of aryl methyl sites for hydroxylation is 1. The topological polar surface area (TPSA) is 95.9 Å². The number of ether oxygens (including phenoxy) is 1. The molecule has 0 saturated heterocycles. The van der Waals surface area contributed by atoms with Crippen LogP contribution in [0, 0.1) is 18.6 Å². The van der Waals surface area contributed by atoms with E-state index in [9.17, 15) is 28.3 Å². The number of Topliss-reactive ketones (excluding diaryl/α,β-unsaturated/α-hetero) is 1. The second-order valence-corrected chi connectivity index (χ2v) is 7.80. The van der Waals surface area contributed by atoms with Crippen molar-refractivity contribution >= 4 is 17.7 Å². The molecule has 0 radical (unpaired) electrons. The van der Waals surface area contributed by atoms with Crippen LogP contribution in [0.15, 0.2) is 36.4 Å². The number of carboxylic acids is 1. The van der Waals surface area contributed by atoms with Crippen LogP contribution >= 0.6 is 0 Å². The maximum atomic E-state index is 13.7. The number of carboxylic acid groups (broad SMARTS) is 1. The predicted octanol–water partition coefficient (Wildman–Crippen LogP) is 2.41. The van der Waals surface area contributed by atoms with Gasteiger partial charge in [-0.05, 0) is 43.7 Å². The van der Waals surface area contributed by atoms with Crippen LogP contribution < -0.4 is 10.1 Å². The van der Waals surface area contributed by atoms with Crippen molar-refractivity contribution in [2.24, 2.45) is 0 Å². The number of para-hydroxylation sites is 1. The zero-order chi connectivity index (χ0) is 23.4. The second kappa shape index (κ2) is 9.86. The minimum absolute atomic E-state index is 0.533. The standard InChI is InChI=1S/C23H24F2N2O5/c1-13-6-7-15-14(10-13)8-9-27(2)21(15)23(31)26-18(11-20(29)30)19(28)12-32-22-16(24)4-3-5-17(22)25/h3-7,10,18,21H,8-9,11-12H2,1-2H3,(H,26,31)(H,29,30)/t18-,21-/m0/s1. The summed E-state index contributed by atoms with van der Waals surface area (Å²) in [7, 11) is 1.77. The van der Waals surface area contributed by atoms with Gasteiger partial charge in [0, 0.05) is 6.54 Å². The van der Waals surface area contributed by atoms with Crippen molar-refractivity contribution in [2.75, 3.05) is 20.2 Å². The average Bonchev–Trinajstić information content (AvgIpc) is 2.72. The zero-order valence-electron chi connectivity index (χ0n) is 17.7. The van der Waals surface area contributed by atoms with E-state index >= 15 is 0 Å². The number of nitrogens with one attached hydrogen (secondary N) is 1. The van der Waals surface area contributed by atoms with Crippen LogP contribution in [0.1, 0.15) is 29.2 Å². The van der Waals surface area contributed by atoms with Gasteiger partial charge in [0.25, 0.3) is 0 Å². The van der Waals surface area contributed by atoms with Gasteiger partial charge >= 0.3 is 5.97 Å². The molecule has 2 aromatic rings. The molecule has 1 amide bonds. The molecule has 1 heterocycles. The quantitative estimate of drug-likeness (QED) is 0.647. The Kier molecular flexibility index (Phi) is 7.19. The zero-order valence-corrected chi connectivity index (χ0v) is 17.7. The van der Waals surface area contributed by atoms with Crippen molar-refractivity contribution in [3.63, 3.8) is 0 Å². The highest BCUT2D eigenvalue weighted by Gasteiger charge is 2.34. The molecule has 2 atom stereocenters. The number of fused-ring (bicyclic) bond motifs is 1. The van der Waals surface area contributed by atoms with Crippen LogP contribution in [0.4, 0.5) is 8.78 Å². The monoisotopic (exact) mass is 446 g/mol. The Morgan fingerprint density at radius 3 is 2.56 bits per heavy atom. The molecule has 170 valence electrons. The number of likely N-dealkylation sites (N-methyl/N-ethyl adjacent to an activating group) is 1. The lowest BCUT2D eigenvalue weighted by Crippen LogP contribution is -2.50. The van der Waals surface area contributed by atoms with Crippen LogP contribution in [0.5, 0.6) is 5.75 Å². The van der Waals surface area contributed by atoms with E-state index in [-0.39, 0.29) is 0 Å². The van der Waals surface area contributed by atoms with Crippen molar-refractivity contribution in [1.29, 1.82) is 0 Å². The van der Waals surface area contributed by atoms with Gasteiger partial charge in [0.15, 0.2) is 23.2 Å². The molecular formula is C23H24F2N2O5. The number of hydrogen-bond donors (Lipinski definition) is 2. The van der Waals surface area contributed by atoms with Crippen molar-refractivity contribution in [3.8, 4) is 5.75 Å². The molecule has 0 aliphatic carbocycles. The Bertz CT molecular complexity index is 1020. The molecule has 9 heteroatoms. The Hall–Kier alpha value is -3.33. The fourth-order valence-corrected chi connectivity index (χ4v) is 3.76. The largest absolute Gasteiger partial charge is 0.481 e. The maximum absolute atomic E-state index is 13.7. The average molecular weight is 446 g/mol. The number of ketones is 1. The summed E-state index contributed by atoms with van der Waals surface area (Å²) >= 11 is 0. The molecule has 0 unspecified atom stereocenters. The SMILES string of the molecule is Cc1ccc2c(c1)CCN(C)[C@@H]2C(=O)N[C@@H](CC(=O)O)C(=O)COc1c(F)cccc1F. The molecule has 7 nitrogen and oxygen atoms in total. The maximum Gasteiger partial charge on any atom is 0.305 e. The number of aliphatic carboxylic acids is 1. The van der Waals surface area contributed by atoms with E-state index in [1.54, 1.807) is 7.05 Å². The minimum atomic E-state index is -1.42. The number of benzene rings is 2. The summed E-state index contributed by atoms with van der Waals surface area (Å²) < 4.78 is 32.4. The molecule has 0 bridgehead atoms. The van der Waals surface area contributed by atoms with E-state index < -0.39 is 60.2 Å². The number of rotatable bonds is 8. The third kappa shape index (κ3) is 5.28. The summed E-state index contributed by atoms with van der Waals surface area (Å²) in [5, 5.41) is 11.7. The summed E-state index contributed by atoms with van der Waals surface area (Å²) in [6, 6.07) is 6.70. The highest BCUT2D eigenvalue weighted by Crippen LogP contribution is 2.29. The highest BCUT2D eigenvalue weighted by atomic mass is 19.1. The van der Waals surface area contributed by atoms with Crippen molar-refractivity contribution in [3.05, 3.63) is 64.7 Å². The van der Waals surface area contributed by atoms with Crippen LogP contribution in [0.3, 0.4) is 0 Å². The molecule has 2 N–H and O–H groups in total. The van der Waals surface area contributed by atoms with E-state index in [1.807, 2.05) is 30.0 Å². The van der Waals surface area contributed by atoms with Gasteiger partial charge in [-0.15, -0.1) is 0 Å². The molecule has 2 aromatic carbocycles. The lowest BCUT2D eigenvalue weighted by Gasteiger charge is -2.34. The van der Waals surface area contributed by atoms with E-state index in [1.165, 1.54) is 0 Å². The summed E-state index contributed by atoms with van der Waals surface area (Å²) in [6.07, 6.45) is 0.0711. The van der Waals surface area contributed by atoms with Gasteiger partial charge in [0.05, 0.1) is 6.42 Å². The highest BCUT2D eigenvalue weighted by molar-refractivity contribution is 5.94. The van der Waals surface area contributed by atoms with Crippen molar-refractivity contribution in [1.82, 2.24) is 10.2 Å².